The van der Waals surface area contributed by atoms with Crippen molar-refractivity contribution in [3.63, 3.8) is 0 Å². The highest BCUT2D eigenvalue weighted by Gasteiger charge is 2.35. The molecule has 0 saturated carbocycles. The number of hydrogen-bond donors (Lipinski definition) is 1. The monoisotopic (exact) mass is 287 g/mol. The standard InChI is InChI=1S/C11H13NO6S/c1-17-10(15)9(7-4-3-5-19-7)12(6-8(13)14)11(16)18-2/h3-5,9H,6H2,1-2H3,(H,13,14). The molecule has 1 unspecified atom stereocenters. The second kappa shape index (κ2) is 6.74. The normalized spacial score (nSPS) is 11.5. The molecule has 0 fully saturated rings. The van der Waals surface area contributed by atoms with Crippen LogP contribution in [0.4, 0.5) is 4.79 Å². The van der Waals surface area contributed by atoms with E-state index in [2.05, 4.69) is 9.47 Å². The number of carboxylic acids is 1. The predicted octanol–water partition coefficient (Wildman–Crippen LogP) is 1.12. The molecule has 0 bridgehead atoms. The van der Waals surface area contributed by atoms with Gasteiger partial charge < -0.3 is 14.6 Å². The highest BCUT2D eigenvalue weighted by molar-refractivity contribution is 7.10. The Morgan fingerprint density at radius 2 is 2.05 bits per heavy atom. The van der Waals surface area contributed by atoms with E-state index >= 15 is 0 Å². The molecule has 1 aromatic heterocycles. The summed E-state index contributed by atoms with van der Waals surface area (Å²) in [5.41, 5.74) is 0. The predicted molar refractivity (Wildman–Crippen MR) is 65.8 cm³/mol. The number of aliphatic carboxylic acids is 1. The Morgan fingerprint density at radius 3 is 2.47 bits per heavy atom. The molecule has 1 rings (SSSR count). The summed E-state index contributed by atoms with van der Waals surface area (Å²) in [5.74, 6) is -1.98. The van der Waals surface area contributed by atoms with Crippen molar-refractivity contribution >= 4 is 29.4 Å². The van der Waals surface area contributed by atoms with Crippen LogP contribution in [-0.4, -0.2) is 48.8 Å². The summed E-state index contributed by atoms with van der Waals surface area (Å²) in [6.45, 7) is -0.662. The van der Waals surface area contributed by atoms with Crippen LogP contribution in [0, 0.1) is 0 Å². The molecular formula is C11H13NO6S. The van der Waals surface area contributed by atoms with E-state index in [0.717, 1.165) is 12.0 Å². The van der Waals surface area contributed by atoms with Gasteiger partial charge in [0.2, 0.25) is 0 Å². The Morgan fingerprint density at radius 1 is 1.37 bits per heavy atom. The summed E-state index contributed by atoms with van der Waals surface area (Å²) >= 11 is 1.21. The molecule has 1 aromatic rings. The zero-order valence-corrected chi connectivity index (χ0v) is 11.2. The molecule has 8 heteroatoms. The molecule has 0 saturated heterocycles. The number of carbonyl (C=O) groups is 3. The van der Waals surface area contributed by atoms with Crippen molar-refractivity contribution in [2.45, 2.75) is 6.04 Å². The summed E-state index contributed by atoms with van der Waals surface area (Å²) in [6, 6.07) is 2.17. The smallest absolute Gasteiger partial charge is 0.411 e. The van der Waals surface area contributed by atoms with E-state index in [-0.39, 0.29) is 0 Å². The molecule has 1 N–H and O–H groups in total. The number of esters is 1. The number of hydrogen-bond acceptors (Lipinski definition) is 6. The van der Waals surface area contributed by atoms with Crippen LogP contribution in [0.15, 0.2) is 17.5 Å². The van der Waals surface area contributed by atoms with E-state index in [9.17, 15) is 14.4 Å². The number of carboxylic acid groups (broad SMARTS) is 1. The van der Waals surface area contributed by atoms with Crippen molar-refractivity contribution in [2.24, 2.45) is 0 Å². The quantitative estimate of drug-likeness (QED) is 0.816. The first kappa shape index (κ1) is 15.0. The maximum absolute atomic E-state index is 11.8. The van der Waals surface area contributed by atoms with Gasteiger partial charge in [0.1, 0.15) is 6.54 Å². The second-order valence-corrected chi connectivity index (χ2v) is 4.41. The van der Waals surface area contributed by atoms with Gasteiger partial charge in [-0.1, -0.05) is 6.07 Å². The van der Waals surface area contributed by atoms with Gasteiger partial charge in [-0.2, -0.15) is 0 Å². The van der Waals surface area contributed by atoms with Gasteiger partial charge in [0, 0.05) is 4.88 Å². The van der Waals surface area contributed by atoms with Crippen molar-refractivity contribution < 1.29 is 29.0 Å². The van der Waals surface area contributed by atoms with Crippen LogP contribution in [-0.2, 0) is 19.1 Å². The Labute approximate surface area is 113 Å². The van der Waals surface area contributed by atoms with Crippen molar-refractivity contribution in [3.8, 4) is 0 Å². The van der Waals surface area contributed by atoms with Crippen LogP contribution in [0.2, 0.25) is 0 Å². The third-order valence-corrected chi connectivity index (χ3v) is 3.19. The van der Waals surface area contributed by atoms with Crippen LogP contribution < -0.4 is 0 Å². The van der Waals surface area contributed by atoms with Crippen molar-refractivity contribution in [1.29, 1.82) is 0 Å². The molecule has 0 spiro atoms. The minimum atomic E-state index is -1.25. The largest absolute Gasteiger partial charge is 0.480 e. The van der Waals surface area contributed by atoms with Crippen molar-refractivity contribution in [3.05, 3.63) is 22.4 Å². The van der Waals surface area contributed by atoms with Gasteiger partial charge in [-0.15, -0.1) is 11.3 Å². The highest BCUT2D eigenvalue weighted by atomic mass is 32.1. The lowest BCUT2D eigenvalue weighted by atomic mass is 10.2. The Hall–Kier alpha value is -2.09. The molecule has 0 aromatic carbocycles. The number of ether oxygens (including phenoxy) is 2. The van der Waals surface area contributed by atoms with Gasteiger partial charge in [0.05, 0.1) is 14.2 Å². The fraction of sp³-hybridized carbons (Fsp3) is 0.364. The molecule has 0 aliphatic carbocycles. The Balaban J connectivity index is 3.13. The summed E-state index contributed by atoms with van der Waals surface area (Å²) in [4.78, 5) is 35.6. The SMILES string of the molecule is COC(=O)C(c1cccs1)N(CC(=O)O)C(=O)OC. The van der Waals surface area contributed by atoms with E-state index in [1.54, 1.807) is 17.5 Å². The molecule has 0 radical (unpaired) electrons. The zero-order chi connectivity index (χ0) is 14.4. The topological polar surface area (TPSA) is 93.1 Å². The highest BCUT2D eigenvalue weighted by Crippen LogP contribution is 2.26. The minimum absolute atomic E-state index is 0.499. The van der Waals surface area contributed by atoms with E-state index < -0.39 is 30.6 Å². The van der Waals surface area contributed by atoms with Crippen LogP contribution in [0.25, 0.3) is 0 Å². The summed E-state index contributed by atoms with van der Waals surface area (Å²) in [7, 11) is 2.28. The van der Waals surface area contributed by atoms with Crippen LogP contribution in [0.5, 0.6) is 0 Å². The number of methoxy groups -OCH3 is 2. The fourth-order valence-corrected chi connectivity index (χ4v) is 2.30. The van der Waals surface area contributed by atoms with E-state index in [4.69, 9.17) is 5.11 Å². The van der Waals surface area contributed by atoms with E-state index in [0.29, 0.717) is 4.88 Å². The first-order chi connectivity index (χ1) is 9.01. The number of thiophene rings is 1. The average molecular weight is 287 g/mol. The third-order valence-electron chi connectivity index (χ3n) is 2.26. The lowest BCUT2D eigenvalue weighted by Crippen LogP contribution is -2.42. The Bertz CT molecular complexity index is 458. The number of carbonyl (C=O) groups excluding carboxylic acids is 2. The molecule has 0 aliphatic rings. The van der Waals surface area contributed by atoms with Gasteiger partial charge in [-0.3, -0.25) is 9.69 Å². The van der Waals surface area contributed by atoms with E-state index in [1.165, 1.54) is 18.4 Å². The molecule has 0 aliphatic heterocycles. The molecule has 1 amide bonds. The van der Waals surface area contributed by atoms with Crippen molar-refractivity contribution in [1.82, 2.24) is 4.90 Å². The van der Waals surface area contributed by atoms with Gasteiger partial charge in [-0.05, 0) is 11.4 Å². The minimum Gasteiger partial charge on any atom is -0.480 e. The lowest BCUT2D eigenvalue weighted by Gasteiger charge is -2.26. The van der Waals surface area contributed by atoms with Crippen LogP contribution in [0.3, 0.4) is 0 Å². The molecule has 19 heavy (non-hydrogen) atoms. The number of rotatable bonds is 5. The molecule has 1 atom stereocenters. The first-order valence-electron chi connectivity index (χ1n) is 5.18. The molecule has 7 nitrogen and oxygen atoms in total. The maximum atomic E-state index is 11.8. The lowest BCUT2D eigenvalue weighted by molar-refractivity contribution is -0.148. The molecular weight excluding hydrogens is 274 g/mol. The van der Waals surface area contributed by atoms with Crippen molar-refractivity contribution in [2.75, 3.05) is 20.8 Å². The number of nitrogens with zero attached hydrogens (tertiary/aromatic N) is 1. The summed E-state index contributed by atoms with van der Waals surface area (Å²) in [5, 5.41) is 10.5. The summed E-state index contributed by atoms with van der Waals surface area (Å²) in [6.07, 6.45) is -0.911. The van der Waals surface area contributed by atoms with Gasteiger partial charge in [0.25, 0.3) is 0 Å². The average Bonchev–Trinajstić information content (AvgIpc) is 2.90. The zero-order valence-electron chi connectivity index (χ0n) is 10.4. The Kier molecular flexibility index (Phi) is 5.31. The van der Waals surface area contributed by atoms with Gasteiger partial charge in [0.15, 0.2) is 6.04 Å². The first-order valence-corrected chi connectivity index (χ1v) is 6.06. The van der Waals surface area contributed by atoms with Gasteiger partial charge >= 0.3 is 18.0 Å². The summed E-state index contributed by atoms with van der Waals surface area (Å²) < 4.78 is 9.13. The van der Waals surface area contributed by atoms with Crippen LogP contribution >= 0.6 is 11.3 Å². The molecule has 1 heterocycles. The van der Waals surface area contributed by atoms with E-state index in [1.807, 2.05) is 0 Å². The fourth-order valence-electron chi connectivity index (χ4n) is 1.48. The molecule has 104 valence electrons. The maximum Gasteiger partial charge on any atom is 0.411 e. The third kappa shape index (κ3) is 3.68. The van der Waals surface area contributed by atoms with Crippen LogP contribution in [0.1, 0.15) is 10.9 Å². The second-order valence-electron chi connectivity index (χ2n) is 3.43. The van der Waals surface area contributed by atoms with Gasteiger partial charge in [-0.25, -0.2) is 9.59 Å². The number of amides is 1.